The van der Waals surface area contributed by atoms with Gasteiger partial charge in [-0.2, -0.15) is 5.10 Å². The largest absolute Gasteiger partial charge is 0.492 e. The van der Waals surface area contributed by atoms with Crippen LogP contribution in [0.3, 0.4) is 0 Å². The van der Waals surface area contributed by atoms with Gasteiger partial charge < -0.3 is 10.1 Å². The van der Waals surface area contributed by atoms with E-state index in [-0.39, 0.29) is 0 Å². The number of para-hydroxylation sites is 1. The molecule has 112 valence electrons. The molecule has 1 aliphatic rings. The molecule has 22 heavy (non-hydrogen) atoms. The zero-order chi connectivity index (χ0) is 15.4. The van der Waals surface area contributed by atoms with Crippen molar-refractivity contribution in [3.8, 4) is 5.75 Å². The molecule has 0 spiro atoms. The van der Waals surface area contributed by atoms with E-state index in [1.54, 1.807) is 0 Å². The van der Waals surface area contributed by atoms with Crippen molar-refractivity contribution >= 4 is 28.7 Å². The Kier molecular flexibility index (Phi) is 4.34. The summed E-state index contributed by atoms with van der Waals surface area (Å²) in [5.41, 5.74) is 7.03. The maximum atomic E-state index is 5.61. The molecule has 1 heterocycles. The molecule has 1 aliphatic heterocycles. The standard InChI is InChI=1S/C17H17N3OS/c1-12-6-8-13(9-7-12)18-17(22)20-19-15-10-11-21-16-5-3-2-4-14(15)16/h2-9H,10-11H2,1H3,(H2,18,20,22). The Hall–Kier alpha value is -2.40. The summed E-state index contributed by atoms with van der Waals surface area (Å²) in [6.45, 7) is 2.69. The average Bonchev–Trinajstić information content (AvgIpc) is 2.55. The van der Waals surface area contributed by atoms with Gasteiger partial charge >= 0.3 is 0 Å². The molecule has 2 aromatic carbocycles. The number of thiocarbonyl (C=S) groups is 1. The quantitative estimate of drug-likeness (QED) is 0.658. The number of nitrogens with zero attached hydrogens (tertiary/aromatic N) is 1. The summed E-state index contributed by atoms with van der Waals surface area (Å²) in [7, 11) is 0. The summed E-state index contributed by atoms with van der Waals surface area (Å²) in [4.78, 5) is 0. The zero-order valence-electron chi connectivity index (χ0n) is 12.3. The third-order valence-electron chi connectivity index (χ3n) is 3.40. The topological polar surface area (TPSA) is 45.7 Å². The second-order valence-electron chi connectivity index (χ2n) is 5.09. The second kappa shape index (κ2) is 6.58. The minimum absolute atomic E-state index is 0.473. The Morgan fingerprint density at radius 2 is 1.91 bits per heavy atom. The van der Waals surface area contributed by atoms with E-state index in [1.807, 2.05) is 48.5 Å². The normalized spacial score (nSPS) is 14.9. The lowest BCUT2D eigenvalue weighted by Crippen LogP contribution is -2.27. The summed E-state index contributed by atoms with van der Waals surface area (Å²) in [6, 6.07) is 15.9. The smallest absolute Gasteiger partial charge is 0.191 e. The van der Waals surface area contributed by atoms with Crippen LogP contribution in [0.4, 0.5) is 5.69 Å². The number of hydrazone groups is 1. The van der Waals surface area contributed by atoms with Crippen LogP contribution in [-0.4, -0.2) is 17.4 Å². The number of anilines is 1. The molecule has 2 N–H and O–H groups in total. The maximum Gasteiger partial charge on any atom is 0.191 e. The van der Waals surface area contributed by atoms with Crippen molar-refractivity contribution in [2.75, 3.05) is 11.9 Å². The number of nitrogens with one attached hydrogen (secondary N) is 2. The van der Waals surface area contributed by atoms with Crippen molar-refractivity contribution < 1.29 is 4.74 Å². The molecule has 0 saturated carbocycles. The predicted molar refractivity (Wildman–Crippen MR) is 93.6 cm³/mol. The molecule has 0 fully saturated rings. The Balaban J connectivity index is 1.67. The monoisotopic (exact) mass is 311 g/mol. The van der Waals surface area contributed by atoms with Gasteiger partial charge in [0.25, 0.3) is 0 Å². The summed E-state index contributed by atoms with van der Waals surface area (Å²) >= 11 is 5.28. The van der Waals surface area contributed by atoms with Crippen LogP contribution < -0.4 is 15.5 Å². The number of fused-ring (bicyclic) bond motifs is 1. The van der Waals surface area contributed by atoms with Gasteiger partial charge in [0.2, 0.25) is 0 Å². The minimum Gasteiger partial charge on any atom is -0.492 e. The highest BCUT2D eigenvalue weighted by Gasteiger charge is 2.15. The summed E-state index contributed by atoms with van der Waals surface area (Å²) in [5.74, 6) is 0.867. The highest BCUT2D eigenvalue weighted by molar-refractivity contribution is 7.80. The fraction of sp³-hybridized carbons (Fsp3) is 0.176. The number of hydrogen-bond acceptors (Lipinski definition) is 3. The third kappa shape index (κ3) is 3.43. The van der Waals surface area contributed by atoms with Gasteiger partial charge in [-0.1, -0.05) is 29.8 Å². The number of rotatable bonds is 2. The SMILES string of the molecule is Cc1ccc(NC(=S)NN=C2CCOc3ccccc32)cc1. The van der Waals surface area contributed by atoms with Crippen LogP contribution >= 0.6 is 12.2 Å². The van der Waals surface area contributed by atoms with Gasteiger partial charge in [0, 0.05) is 17.7 Å². The Morgan fingerprint density at radius 3 is 2.73 bits per heavy atom. The van der Waals surface area contributed by atoms with E-state index in [1.165, 1.54) is 5.56 Å². The van der Waals surface area contributed by atoms with E-state index in [2.05, 4.69) is 22.8 Å². The lowest BCUT2D eigenvalue weighted by Gasteiger charge is -2.19. The van der Waals surface area contributed by atoms with Crippen LogP contribution in [-0.2, 0) is 0 Å². The van der Waals surface area contributed by atoms with Gasteiger partial charge in [0.15, 0.2) is 5.11 Å². The van der Waals surface area contributed by atoms with Gasteiger partial charge in [0.05, 0.1) is 12.3 Å². The molecular weight excluding hydrogens is 294 g/mol. The lowest BCUT2D eigenvalue weighted by molar-refractivity contribution is 0.320. The van der Waals surface area contributed by atoms with Gasteiger partial charge in [-0.3, -0.25) is 5.43 Å². The molecule has 0 unspecified atom stereocenters. The molecule has 4 nitrogen and oxygen atoms in total. The van der Waals surface area contributed by atoms with E-state index >= 15 is 0 Å². The average molecular weight is 311 g/mol. The number of hydrogen-bond donors (Lipinski definition) is 2. The lowest BCUT2D eigenvalue weighted by atomic mass is 10.0. The molecule has 0 bridgehead atoms. The highest BCUT2D eigenvalue weighted by atomic mass is 32.1. The van der Waals surface area contributed by atoms with Gasteiger partial charge in [-0.25, -0.2) is 0 Å². The first-order valence-electron chi connectivity index (χ1n) is 7.15. The molecule has 0 aliphatic carbocycles. The molecule has 0 amide bonds. The van der Waals surface area contributed by atoms with Crippen LogP contribution in [0.2, 0.25) is 0 Å². The Morgan fingerprint density at radius 1 is 1.14 bits per heavy atom. The Bertz CT molecular complexity index is 710. The second-order valence-corrected chi connectivity index (χ2v) is 5.49. The molecule has 0 atom stereocenters. The van der Waals surface area contributed by atoms with Crippen LogP contribution in [0.15, 0.2) is 53.6 Å². The van der Waals surface area contributed by atoms with Crippen LogP contribution in [0.1, 0.15) is 17.5 Å². The van der Waals surface area contributed by atoms with E-state index in [4.69, 9.17) is 17.0 Å². The minimum atomic E-state index is 0.473. The van der Waals surface area contributed by atoms with Crippen LogP contribution in [0.5, 0.6) is 5.75 Å². The fourth-order valence-electron chi connectivity index (χ4n) is 2.25. The van der Waals surface area contributed by atoms with Crippen molar-refractivity contribution in [3.05, 3.63) is 59.7 Å². The van der Waals surface area contributed by atoms with E-state index in [0.717, 1.165) is 29.1 Å². The first kappa shape index (κ1) is 14.5. The third-order valence-corrected chi connectivity index (χ3v) is 3.59. The van der Waals surface area contributed by atoms with Crippen LogP contribution in [0, 0.1) is 6.92 Å². The van der Waals surface area contributed by atoms with Crippen LogP contribution in [0.25, 0.3) is 0 Å². The van der Waals surface area contributed by atoms with Crippen molar-refractivity contribution in [2.24, 2.45) is 5.10 Å². The summed E-state index contributed by atoms with van der Waals surface area (Å²) in [5, 5.41) is 8.01. The van der Waals surface area contributed by atoms with Crippen molar-refractivity contribution in [1.29, 1.82) is 0 Å². The van der Waals surface area contributed by atoms with E-state index < -0.39 is 0 Å². The van der Waals surface area contributed by atoms with Crippen molar-refractivity contribution in [3.63, 3.8) is 0 Å². The highest BCUT2D eigenvalue weighted by Crippen LogP contribution is 2.24. The van der Waals surface area contributed by atoms with Gasteiger partial charge in [-0.15, -0.1) is 0 Å². The number of benzene rings is 2. The van der Waals surface area contributed by atoms with Gasteiger partial charge in [-0.05, 0) is 43.4 Å². The first-order chi connectivity index (χ1) is 10.7. The van der Waals surface area contributed by atoms with Gasteiger partial charge in [0.1, 0.15) is 5.75 Å². The van der Waals surface area contributed by atoms with E-state index in [0.29, 0.717) is 11.7 Å². The molecule has 2 aromatic rings. The maximum absolute atomic E-state index is 5.61. The number of ether oxygens (including phenoxy) is 1. The molecule has 5 heteroatoms. The first-order valence-corrected chi connectivity index (χ1v) is 7.55. The van der Waals surface area contributed by atoms with Crippen molar-refractivity contribution in [1.82, 2.24) is 5.43 Å². The molecule has 0 aromatic heterocycles. The summed E-state index contributed by atoms with van der Waals surface area (Å²) < 4.78 is 5.61. The predicted octanol–water partition coefficient (Wildman–Crippen LogP) is 3.47. The molecule has 0 radical (unpaired) electrons. The fourth-order valence-corrected chi connectivity index (χ4v) is 2.42. The van der Waals surface area contributed by atoms with E-state index in [9.17, 15) is 0 Å². The molecule has 0 saturated heterocycles. The Labute approximate surface area is 135 Å². The zero-order valence-corrected chi connectivity index (χ0v) is 13.1. The number of aryl methyl sites for hydroxylation is 1. The molecular formula is C17H17N3OS. The summed E-state index contributed by atoms with van der Waals surface area (Å²) in [6.07, 6.45) is 0.761. The van der Waals surface area contributed by atoms with Crippen molar-refractivity contribution in [2.45, 2.75) is 13.3 Å². The molecule has 3 rings (SSSR count).